The predicted molar refractivity (Wildman–Crippen MR) is 67.9 cm³/mol. The third kappa shape index (κ3) is 3.00. The third-order valence-corrected chi connectivity index (χ3v) is 5.45. The van der Waals surface area contributed by atoms with Gasteiger partial charge in [0.1, 0.15) is 5.75 Å². The Balaban J connectivity index is 2.17. The average Bonchev–Trinajstić information content (AvgIpc) is 2.26. The number of rotatable bonds is 2. The van der Waals surface area contributed by atoms with Gasteiger partial charge in [0.05, 0.1) is 11.5 Å². The Labute approximate surface area is 102 Å². The highest BCUT2D eigenvalue weighted by Crippen LogP contribution is 2.33. The van der Waals surface area contributed by atoms with E-state index in [1.54, 1.807) is 18.2 Å². The fraction of sp³-hybridized carbons (Fsp3) is 0.538. The summed E-state index contributed by atoms with van der Waals surface area (Å²) in [7, 11) is -2.86. The van der Waals surface area contributed by atoms with Gasteiger partial charge in [-0.2, -0.15) is 0 Å². The number of phenols is 1. The van der Waals surface area contributed by atoms with Gasteiger partial charge in [-0.25, -0.2) is 8.42 Å². The monoisotopic (exact) mass is 254 g/mol. The van der Waals surface area contributed by atoms with Crippen LogP contribution in [0.3, 0.4) is 0 Å². The summed E-state index contributed by atoms with van der Waals surface area (Å²) in [4.78, 5) is 0. The molecular formula is C13H18O3S. The summed E-state index contributed by atoms with van der Waals surface area (Å²) >= 11 is 0. The lowest BCUT2D eigenvalue weighted by Crippen LogP contribution is -2.28. The van der Waals surface area contributed by atoms with E-state index in [9.17, 15) is 13.5 Å². The number of benzene rings is 1. The van der Waals surface area contributed by atoms with Crippen LogP contribution in [0.5, 0.6) is 5.75 Å². The van der Waals surface area contributed by atoms with E-state index in [4.69, 9.17) is 0 Å². The number of hydrogen-bond donors (Lipinski definition) is 1. The van der Waals surface area contributed by atoms with Crippen molar-refractivity contribution in [2.45, 2.75) is 25.7 Å². The molecule has 1 saturated heterocycles. The molecule has 0 spiro atoms. The van der Waals surface area contributed by atoms with E-state index >= 15 is 0 Å². The second kappa shape index (κ2) is 4.69. The molecule has 1 aromatic rings. The standard InChI is InChI=1S/C13H18O3S/c1-10(11-4-2-6-13(14)8-11)12-5-3-7-17(15,16)9-12/h2,4,6,8,10,12,14H,3,5,7,9H2,1H3. The van der Waals surface area contributed by atoms with Gasteiger partial charge in [0.15, 0.2) is 9.84 Å². The molecule has 17 heavy (non-hydrogen) atoms. The SMILES string of the molecule is CC(c1cccc(O)c1)C1CCCS(=O)(=O)C1. The Morgan fingerprint density at radius 1 is 1.41 bits per heavy atom. The maximum Gasteiger partial charge on any atom is 0.150 e. The van der Waals surface area contributed by atoms with Crippen LogP contribution in [0, 0.1) is 5.92 Å². The highest BCUT2D eigenvalue weighted by molar-refractivity contribution is 7.91. The zero-order valence-corrected chi connectivity index (χ0v) is 10.8. The first-order valence-electron chi connectivity index (χ1n) is 5.97. The lowest BCUT2D eigenvalue weighted by Gasteiger charge is -2.27. The Bertz CT molecular complexity index is 493. The van der Waals surface area contributed by atoms with Crippen LogP contribution in [0.2, 0.25) is 0 Å². The van der Waals surface area contributed by atoms with Gasteiger partial charge in [0.25, 0.3) is 0 Å². The minimum Gasteiger partial charge on any atom is -0.508 e. The van der Waals surface area contributed by atoms with Crippen molar-refractivity contribution in [2.24, 2.45) is 5.92 Å². The van der Waals surface area contributed by atoms with E-state index in [-0.39, 0.29) is 23.3 Å². The molecule has 1 fully saturated rings. The fourth-order valence-electron chi connectivity index (χ4n) is 2.53. The number of sulfone groups is 1. The van der Waals surface area contributed by atoms with Crippen molar-refractivity contribution in [3.8, 4) is 5.75 Å². The van der Waals surface area contributed by atoms with Crippen LogP contribution < -0.4 is 0 Å². The van der Waals surface area contributed by atoms with E-state index in [0.29, 0.717) is 5.75 Å². The molecule has 2 unspecified atom stereocenters. The second-order valence-electron chi connectivity index (χ2n) is 4.90. The molecule has 1 aliphatic heterocycles. The van der Waals surface area contributed by atoms with E-state index in [0.717, 1.165) is 18.4 Å². The van der Waals surface area contributed by atoms with Crippen molar-refractivity contribution in [3.05, 3.63) is 29.8 Å². The van der Waals surface area contributed by atoms with Gasteiger partial charge >= 0.3 is 0 Å². The third-order valence-electron chi connectivity index (χ3n) is 3.60. The van der Waals surface area contributed by atoms with Crippen LogP contribution in [-0.4, -0.2) is 25.0 Å². The van der Waals surface area contributed by atoms with Crippen LogP contribution in [0.25, 0.3) is 0 Å². The van der Waals surface area contributed by atoms with Crippen molar-refractivity contribution >= 4 is 9.84 Å². The molecule has 1 heterocycles. The molecule has 1 aliphatic rings. The molecule has 1 N–H and O–H groups in total. The molecule has 0 saturated carbocycles. The summed E-state index contributed by atoms with van der Waals surface area (Å²) in [6.07, 6.45) is 1.71. The van der Waals surface area contributed by atoms with Crippen molar-refractivity contribution in [2.75, 3.05) is 11.5 Å². The molecule has 94 valence electrons. The molecule has 2 rings (SSSR count). The van der Waals surface area contributed by atoms with Gasteiger partial charge in [-0.1, -0.05) is 19.1 Å². The summed E-state index contributed by atoms with van der Waals surface area (Å²) < 4.78 is 23.2. The van der Waals surface area contributed by atoms with Crippen molar-refractivity contribution in [1.29, 1.82) is 0 Å². The van der Waals surface area contributed by atoms with Crippen LogP contribution in [0.15, 0.2) is 24.3 Å². The minimum absolute atomic E-state index is 0.176. The second-order valence-corrected chi connectivity index (χ2v) is 7.13. The van der Waals surface area contributed by atoms with Gasteiger partial charge in [-0.3, -0.25) is 0 Å². The lowest BCUT2D eigenvalue weighted by molar-refractivity contribution is 0.424. The highest BCUT2D eigenvalue weighted by atomic mass is 32.2. The van der Waals surface area contributed by atoms with Crippen LogP contribution in [-0.2, 0) is 9.84 Å². The number of aromatic hydroxyl groups is 1. The summed E-state index contributed by atoms with van der Waals surface area (Å²) in [6.45, 7) is 2.04. The Morgan fingerprint density at radius 3 is 2.82 bits per heavy atom. The minimum atomic E-state index is -2.86. The summed E-state index contributed by atoms with van der Waals surface area (Å²) in [6, 6.07) is 7.11. The summed E-state index contributed by atoms with van der Waals surface area (Å²) in [5.41, 5.74) is 1.02. The molecule has 4 heteroatoms. The smallest absolute Gasteiger partial charge is 0.150 e. The molecule has 3 nitrogen and oxygen atoms in total. The van der Waals surface area contributed by atoms with Crippen LogP contribution in [0.1, 0.15) is 31.2 Å². The zero-order chi connectivity index (χ0) is 12.5. The lowest BCUT2D eigenvalue weighted by atomic mass is 9.85. The molecule has 1 aromatic carbocycles. The van der Waals surface area contributed by atoms with Gasteiger partial charge in [0, 0.05) is 0 Å². The molecule has 0 aromatic heterocycles. The first-order valence-corrected chi connectivity index (χ1v) is 7.79. The molecule has 0 bridgehead atoms. The topological polar surface area (TPSA) is 54.4 Å². The summed E-state index contributed by atoms with van der Waals surface area (Å²) in [5.74, 6) is 1.21. The zero-order valence-electron chi connectivity index (χ0n) is 9.96. The van der Waals surface area contributed by atoms with Gasteiger partial charge in [0.2, 0.25) is 0 Å². The molecule has 0 radical (unpaired) electrons. The van der Waals surface area contributed by atoms with Gasteiger partial charge in [-0.05, 0) is 42.4 Å². The van der Waals surface area contributed by atoms with E-state index in [2.05, 4.69) is 0 Å². The largest absolute Gasteiger partial charge is 0.508 e. The van der Waals surface area contributed by atoms with Crippen molar-refractivity contribution in [1.82, 2.24) is 0 Å². The van der Waals surface area contributed by atoms with E-state index in [1.807, 2.05) is 13.0 Å². The quantitative estimate of drug-likeness (QED) is 0.881. The number of hydrogen-bond acceptors (Lipinski definition) is 3. The Hall–Kier alpha value is -1.03. The predicted octanol–water partition coefficient (Wildman–Crippen LogP) is 2.32. The maximum absolute atomic E-state index is 11.6. The molecular weight excluding hydrogens is 236 g/mol. The number of phenolic OH excluding ortho intramolecular Hbond substituents is 1. The normalized spacial score (nSPS) is 25.4. The average molecular weight is 254 g/mol. The molecule has 0 amide bonds. The first-order chi connectivity index (χ1) is 7.98. The fourth-order valence-corrected chi connectivity index (χ4v) is 4.41. The van der Waals surface area contributed by atoms with Crippen LogP contribution in [0.4, 0.5) is 0 Å². The van der Waals surface area contributed by atoms with Crippen LogP contribution >= 0.6 is 0 Å². The van der Waals surface area contributed by atoms with E-state index in [1.165, 1.54) is 0 Å². The maximum atomic E-state index is 11.6. The van der Waals surface area contributed by atoms with E-state index < -0.39 is 9.84 Å². The molecule has 2 atom stereocenters. The van der Waals surface area contributed by atoms with Crippen molar-refractivity contribution in [3.63, 3.8) is 0 Å². The highest BCUT2D eigenvalue weighted by Gasteiger charge is 2.29. The van der Waals surface area contributed by atoms with Gasteiger partial charge in [-0.15, -0.1) is 0 Å². The Morgan fingerprint density at radius 2 is 2.18 bits per heavy atom. The summed E-state index contributed by atoms with van der Waals surface area (Å²) in [5, 5.41) is 9.44. The first kappa shape index (κ1) is 12.4. The van der Waals surface area contributed by atoms with Gasteiger partial charge < -0.3 is 5.11 Å². The van der Waals surface area contributed by atoms with Crippen molar-refractivity contribution < 1.29 is 13.5 Å². The Kier molecular flexibility index (Phi) is 3.43. The molecule has 0 aliphatic carbocycles.